The fourth-order valence-electron chi connectivity index (χ4n) is 2.76. The van der Waals surface area contributed by atoms with E-state index in [1.165, 1.54) is 23.7 Å². The zero-order chi connectivity index (χ0) is 16.4. The second kappa shape index (κ2) is 6.59. The normalized spacial score (nSPS) is 14.7. The first kappa shape index (κ1) is 16.4. The SMILES string of the molecule is O=S(=O)(NCCn1ncc2c1CCCC2)c1ccc(F)c(Cl)c1. The predicted molar refractivity (Wildman–Crippen MR) is 85.5 cm³/mol. The number of nitrogens with one attached hydrogen (secondary N) is 1. The van der Waals surface area contributed by atoms with E-state index < -0.39 is 15.8 Å². The van der Waals surface area contributed by atoms with Crippen LogP contribution in [0.25, 0.3) is 0 Å². The fourth-order valence-corrected chi connectivity index (χ4v) is 4.05. The van der Waals surface area contributed by atoms with E-state index in [0.29, 0.717) is 6.54 Å². The van der Waals surface area contributed by atoms with Gasteiger partial charge in [-0.3, -0.25) is 4.68 Å². The number of benzene rings is 1. The lowest BCUT2D eigenvalue weighted by atomic mass is 9.98. The molecular weight excluding hydrogens is 341 g/mol. The number of aryl methyl sites for hydroxylation is 1. The number of rotatable bonds is 5. The number of hydrogen-bond acceptors (Lipinski definition) is 3. The van der Waals surface area contributed by atoms with Crippen LogP contribution in [0.2, 0.25) is 5.02 Å². The van der Waals surface area contributed by atoms with Gasteiger partial charge in [-0.05, 0) is 49.4 Å². The Bertz CT molecular complexity index is 820. The highest BCUT2D eigenvalue weighted by molar-refractivity contribution is 7.89. The molecule has 5 nitrogen and oxygen atoms in total. The minimum Gasteiger partial charge on any atom is -0.268 e. The third-order valence-electron chi connectivity index (χ3n) is 3.96. The molecule has 1 aliphatic carbocycles. The maximum absolute atomic E-state index is 13.1. The Hall–Kier alpha value is -1.44. The molecule has 0 amide bonds. The summed E-state index contributed by atoms with van der Waals surface area (Å²) in [6.07, 6.45) is 6.20. The number of halogens is 2. The Kier molecular flexibility index (Phi) is 4.70. The van der Waals surface area contributed by atoms with Gasteiger partial charge in [-0.2, -0.15) is 5.10 Å². The summed E-state index contributed by atoms with van der Waals surface area (Å²) in [6, 6.07) is 3.34. The lowest BCUT2D eigenvalue weighted by molar-refractivity contribution is 0.538. The molecule has 0 saturated heterocycles. The molecule has 1 heterocycles. The molecule has 0 atom stereocenters. The maximum Gasteiger partial charge on any atom is 0.240 e. The van der Waals surface area contributed by atoms with Gasteiger partial charge < -0.3 is 0 Å². The predicted octanol–water partition coefficient (Wildman–Crippen LogP) is 2.53. The highest BCUT2D eigenvalue weighted by Gasteiger charge is 2.17. The minimum absolute atomic E-state index is 0.0496. The molecule has 0 saturated carbocycles. The second-order valence-electron chi connectivity index (χ2n) is 5.52. The molecule has 1 aromatic carbocycles. The Labute approximate surface area is 139 Å². The van der Waals surface area contributed by atoms with Crippen LogP contribution in [0.3, 0.4) is 0 Å². The molecular formula is C15H17ClFN3O2S. The van der Waals surface area contributed by atoms with E-state index in [2.05, 4.69) is 9.82 Å². The van der Waals surface area contributed by atoms with E-state index in [0.717, 1.165) is 31.4 Å². The van der Waals surface area contributed by atoms with Crippen LogP contribution in [0.1, 0.15) is 24.1 Å². The summed E-state index contributed by atoms with van der Waals surface area (Å²) >= 11 is 5.63. The van der Waals surface area contributed by atoms with Crippen molar-refractivity contribution in [1.82, 2.24) is 14.5 Å². The second-order valence-corrected chi connectivity index (χ2v) is 7.69. The van der Waals surface area contributed by atoms with E-state index in [-0.39, 0.29) is 16.5 Å². The van der Waals surface area contributed by atoms with Crippen LogP contribution >= 0.6 is 11.6 Å². The summed E-state index contributed by atoms with van der Waals surface area (Å²) in [5.41, 5.74) is 2.45. The van der Waals surface area contributed by atoms with E-state index in [1.807, 2.05) is 10.9 Å². The highest BCUT2D eigenvalue weighted by Crippen LogP contribution is 2.21. The molecule has 2 aromatic rings. The number of nitrogens with zero attached hydrogens (tertiary/aromatic N) is 2. The molecule has 1 aliphatic rings. The summed E-state index contributed by atoms with van der Waals surface area (Å²) in [6.45, 7) is 0.676. The van der Waals surface area contributed by atoms with Crippen molar-refractivity contribution in [3.8, 4) is 0 Å². The van der Waals surface area contributed by atoms with Crippen LogP contribution in [-0.2, 0) is 29.4 Å². The standard InChI is InChI=1S/C15H17ClFN3O2S/c16-13-9-12(5-6-14(13)17)23(21,22)19-7-8-20-15-4-2-1-3-11(15)10-18-20/h5-6,9-10,19H,1-4,7-8H2. The summed E-state index contributed by atoms with van der Waals surface area (Å²) in [5.74, 6) is -0.645. The van der Waals surface area contributed by atoms with Gasteiger partial charge in [0.2, 0.25) is 10.0 Å². The first-order valence-corrected chi connectivity index (χ1v) is 9.32. The molecule has 0 unspecified atom stereocenters. The molecule has 1 N–H and O–H groups in total. The third-order valence-corrected chi connectivity index (χ3v) is 5.71. The first-order chi connectivity index (χ1) is 11.0. The molecule has 0 bridgehead atoms. The Morgan fingerprint density at radius 1 is 1.30 bits per heavy atom. The molecule has 3 rings (SSSR count). The van der Waals surface area contributed by atoms with Crippen molar-refractivity contribution in [3.05, 3.63) is 46.5 Å². The molecule has 8 heteroatoms. The molecule has 124 valence electrons. The summed E-state index contributed by atoms with van der Waals surface area (Å²) in [4.78, 5) is -0.0496. The van der Waals surface area contributed by atoms with Crippen molar-refractivity contribution < 1.29 is 12.8 Å². The quantitative estimate of drug-likeness (QED) is 0.894. The number of hydrogen-bond donors (Lipinski definition) is 1. The highest BCUT2D eigenvalue weighted by atomic mass is 35.5. The largest absolute Gasteiger partial charge is 0.268 e. The van der Waals surface area contributed by atoms with Crippen molar-refractivity contribution in [2.24, 2.45) is 0 Å². The average Bonchev–Trinajstić information content (AvgIpc) is 2.93. The summed E-state index contributed by atoms with van der Waals surface area (Å²) < 4.78 is 41.9. The number of aromatic nitrogens is 2. The third kappa shape index (κ3) is 3.57. The van der Waals surface area contributed by atoms with Crippen LogP contribution in [0.4, 0.5) is 4.39 Å². The van der Waals surface area contributed by atoms with E-state index in [9.17, 15) is 12.8 Å². The summed E-state index contributed by atoms with van der Waals surface area (Å²) in [7, 11) is -3.72. The zero-order valence-corrected chi connectivity index (χ0v) is 14.0. The minimum atomic E-state index is -3.72. The average molecular weight is 358 g/mol. The Morgan fingerprint density at radius 3 is 2.87 bits per heavy atom. The van der Waals surface area contributed by atoms with Crippen molar-refractivity contribution in [3.63, 3.8) is 0 Å². The topological polar surface area (TPSA) is 64.0 Å². The van der Waals surface area contributed by atoms with E-state index in [1.54, 1.807) is 0 Å². The summed E-state index contributed by atoms with van der Waals surface area (Å²) in [5, 5.41) is 4.11. The van der Waals surface area contributed by atoms with Crippen molar-refractivity contribution in [2.75, 3.05) is 6.54 Å². The van der Waals surface area contributed by atoms with Crippen LogP contribution in [0.15, 0.2) is 29.3 Å². The maximum atomic E-state index is 13.1. The fraction of sp³-hybridized carbons (Fsp3) is 0.400. The molecule has 0 spiro atoms. The molecule has 0 aliphatic heterocycles. The van der Waals surface area contributed by atoms with E-state index in [4.69, 9.17) is 11.6 Å². The number of fused-ring (bicyclic) bond motifs is 1. The van der Waals surface area contributed by atoms with Crippen LogP contribution in [0.5, 0.6) is 0 Å². The number of sulfonamides is 1. The molecule has 0 fully saturated rings. The first-order valence-electron chi connectivity index (χ1n) is 7.45. The van der Waals surface area contributed by atoms with Crippen molar-refractivity contribution in [2.45, 2.75) is 37.1 Å². The van der Waals surface area contributed by atoms with Crippen molar-refractivity contribution in [1.29, 1.82) is 0 Å². The van der Waals surface area contributed by atoms with Gasteiger partial charge in [0.25, 0.3) is 0 Å². The van der Waals surface area contributed by atoms with Gasteiger partial charge in [-0.25, -0.2) is 17.5 Å². The molecule has 1 aromatic heterocycles. The zero-order valence-electron chi connectivity index (χ0n) is 12.4. The lowest BCUT2D eigenvalue weighted by Crippen LogP contribution is -2.28. The van der Waals surface area contributed by atoms with Crippen LogP contribution in [0, 0.1) is 5.82 Å². The van der Waals surface area contributed by atoms with Gasteiger partial charge in [0.1, 0.15) is 5.82 Å². The van der Waals surface area contributed by atoms with Crippen LogP contribution in [-0.4, -0.2) is 24.7 Å². The van der Waals surface area contributed by atoms with Gasteiger partial charge >= 0.3 is 0 Å². The van der Waals surface area contributed by atoms with Gasteiger partial charge in [-0.1, -0.05) is 11.6 Å². The smallest absolute Gasteiger partial charge is 0.240 e. The monoisotopic (exact) mass is 357 g/mol. The van der Waals surface area contributed by atoms with Gasteiger partial charge in [0, 0.05) is 12.2 Å². The Balaban J connectivity index is 1.65. The van der Waals surface area contributed by atoms with Gasteiger partial charge in [0.15, 0.2) is 0 Å². The van der Waals surface area contributed by atoms with Gasteiger partial charge in [0.05, 0.1) is 22.7 Å². The Morgan fingerprint density at radius 2 is 2.09 bits per heavy atom. The van der Waals surface area contributed by atoms with Gasteiger partial charge in [-0.15, -0.1) is 0 Å². The van der Waals surface area contributed by atoms with Crippen LogP contribution < -0.4 is 4.72 Å². The van der Waals surface area contributed by atoms with E-state index >= 15 is 0 Å². The van der Waals surface area contributed by atoms with Crippen molar-refractivity contribution >= 4 is 21.6 Å². The molecule has 23 heavy (non-hydrogen) atoms. The lowest BCUT2D eigenvalue weighted by Gasteiger charge is -2.14. The molecule has 0 radical (unpaired) electrons.